The Hall–Kier alpha value is -5.78. The fraction of sp³-hybridized carbons (Fsp3) is 0.314. The third-order valence-electron chi connectivity index (χ3n) is 8.72. The van der Waals surface area contributed by atoms with Crippen LogP contribution in [0.2, 0.25) is 0 Å². The highest BCUT2D eigenvalue weighted by molar-refractivity contribution is 7.91. The summed E-state index contributed by atoms with van der Waals surface area (Å²) in [4.78, 5) is 44.3. The molecule has 3 atom stereocenters. The number of amides is 3. The quantitative estimate of drug-likeness (QED) is 0.270. The first-order chi connectivity index (χ1) is 24.5. The largest absolute Gasteiger partial charge is 0.471 e. The van der Waals surface area contributed by atoms with E-state index in [0.29, 0.717) is 21.5 Å². The molecule has 270 valence electrons. The lowest BCUT2D eigenvalue weighted by Crippen LogP contribution is -2.63. The molecule has 4 aromatic rings. The van der Waals surface area contributed by atoms with Gasteiger partial charge >= 0.3 is 12.1 Å². The van der Waals surface area contributed by atoms with E-state index in [1.54, 1.807) is 48.5 Å². The molecule has 0 bridgehead atoms. The minimum absolute atomic E-state index is 0.00354. The van der Waals surface area contributed by atoms with Gasteiger partial charge in [-0.1, -0.05) is 30.3 Å². The Morgan fingerprint density at radius 3 is 2.33 bits per heavy atom. The second kappa shape index (κ2) is 14.5. The lowest BCUT2D eigenvalue weighted by atomic mass is 10.0. The SMILES string of the molecule is CN[C@@H](C)CN(C(=O)C(F)(F)F)[C@@H]1C(=O)N(Cc2nn(-c3ccccc3C#N)c3ccccc23)c2ccc(C#N)cc2N(C(=O)CS(C)(=O)=O)[C@H]1C. The summed E-state index contributed by atoms with van der Waals surface area (Å²) in [5, 5.41) is 27.6. The van der Waals surface area contributed by atoms with E-state index in [0.717, 1.165) is 16.1 Å². The number of nitrogens with one attached hydrogen (secondary N) is 1. The fourth-order valence-corrected chi connectivity index (χ4v) is 6.87. The van der Waals surface area contributed by atoms with Crippen LogP contribution in [-0.4, -0.2) is 90.7 Å². The molecule has 3 aromatic carbocycles. The third kappa shape index (κ3) is 7.32. The van der Waals surface area contributed by atoms with Crippen molar-refractivity contribution in [3.05, 3.63) is 83.6 Å². The molecule has 0 aliphatic carbocycles. The number of carbonyl (C=O) groups is 3. The number of aromatic nitrogens is 2. The molecule has 0 unspecified atom stereocenters. The van der Waals surface area contributed by atoms with Crippen LogP contribution >= 0.6 is 0 Å². The molecule has 52 heavy (non-hydrogen) atoms. The number of benzene rings is 3. The number of hydrogen-bond acceptors (Lipinski definition) is 9. The Morgan fingerprint density at radius 2 is 1.69 bits per heavy atom. The summed E-state index contributed by atoms with van der Waals surface area (Å²) in [6, 6.07) is 17.2. The van der Waals surface area contributed by atoms with Crippen molar-refractivity contribution in [3.63, 3.8) is 0 Å². The first kappa shape index (κ1) is 37.5. The van der Waals surface area contributed by atoms with E-state index in [2.05, 4.69) is 11.4 Å². The molecule has 3 amide bonds. The lowest BCUT2D eigenvalue weighted by Gasteiger charge is -2.39. The van der Waals surface area contributed by atoms with Crippen molar-refractivity contribution in [2.45, 2.75) is 44.7 Å². The molecule has 1 N–H and O–H groups in total. The van der Waals surface area contributed by atoms with Gasteiger partial charge in [0, 0.05) is 24.2 Å². The maximum absolute atomic E-state index is 14.9. The minimum atomic E-state index is -5.43. The second-order valence-corrected chi connectivity index (χ2v) is 14.5. The van der Waals surface area contributed by atoms with Crippen molar-refractivity contribution in [2.24, 2.45) is 0 Å². The summed E-state index contributed by atoms with van der Waals surface area (Å²) in [5.41, 5.74) is 1.31. The summed E-state index contributed by atoms with van der Waals surface area (Å²) >= 11 is 0. The van der Waals surface area contributed by atoms with Crippen LogP contribution in [0.15, 0.2) is 66.7 Å². The van der Waals surface area contributed by atoms with Crippen molar-refractivity contribution in [1.29, 1.82) is 10.5 Å². The lowest BCUT2D eigenvalue weighted by molar-refractivity contribution is -0.189. The fourth-order valence-electron chi connectivity index (χ4n) is 6.28. The van der Waals surface area contributed by atoms with Crippen LogP contribution in [0, 0.1) is 22.7 Å². The highest BCUT2D eigenvalue weighted by atomic mass is 32.2. The van der Waals surface area contributed by atoms with Gasteiger partial charge in [-0.25, -0.2) is 13.1 Å². The summed E-state index contributed by atoms with van der Waals surface area (Å²) < 4.78 is 69.1. The van der Waals surface area contributed by atoms with Crippen LogP contribution in [0.3, 0.4) is 0 Å². The molecule has 0 spiro atoms. The normalized spacial score (nSPS) is 16.8. The molecule has 1 aliphatic rings. The molecule has 13 nitrogen and oxygen atoms in total. The Morgan fingerprint density at radius 1 is 1.02 bits per heavy atom. The van der Waals surface area contributed by atoms with Gasteiger partial charge in [0.15, 0.2) is 9.84 Å². The summed E-state index contributed by atoms with van der Waals surface area (Å²) in [5.74, 6) is -5.54. The number of nitrogens with zero attached hydrogens (tertiary/aromatic N) is 7. The minimum Gasteiger partial charge on any atom is -0.319 e. The van der Waals surface area contributed by atoms with E-state index in [9.17, 15) is 46.5 Å². The number of carbonyl (C=O) groups excluding carboxylic acids is 3. The van der Waals surface area contributed by atoms with Crippen LogP contribution < -0.4 is 15.1 Å². The number of nitriles is 2. The number of anilines is 2. The highest BCUT2D eigenvalue weighted by Gasteiger charge is 2.52. The molecule has 1 aliphatic heterocycles. The standard InChI is InChI=1S/C35H33F3N8O5S/c1-21(41-3)18-44(34(49)35(36,37)38)32-22(2)45(31(47)20-52(4,50)51)30-15-23(16-39)13-14-29(30)43(33(32)48)19-26-25-10-6-8-12-28(25)46(42-26)27-11-7-5-9-24(27)17-40/h5-15,21-22,32,41H,18-20H2,1-4H3/t21-,22-,32-/m0/s1. The molecule has 0 saturated heterocycles. The van der Waals surface area contributed by atoms with E-state index in [1.807, 2.05) is 6.07 Å². The van der Waals surface area contributed by atoms with Gasteiger partial charge in [-0.05, 0) is 57.3 Å². The van der Waals surface area contributed by atoms with Crippen molar-refractivity contribution < 1.29 is 36.0 Å². The van der Waals surface area contributed by atoms with Crippen LogP contribution in [0.1, 0.15) is 30.7 Å². The Bertz CT molecular complexity index is 2260. The molecule has 1 aromatic heterocycles. The number of hydrogen-bond donors (Lipinski definition) is 1. The number of sulfone groups is 1. The molecule has 17 heteroatoms. The highest BCUT2D eigenvalue weighted by Crippen LogP contribution is 2.40. The van der Waals surface area contributed by atoms with Crippen LogP contribution in [0.5, 0.6) is 0 Å². The number of likely N-dealkylation sites (N-methyl/N-ethyl adjacent to an activating group) is 1. The van der Waals surface area contributed by atoms with E-state index in [1.165, 1.54) is 43.8 Å². The molecule has 0 fully saturated rings. The first-order valence-electron chi connectivity index (χ1n) is 15.9. The van der Waals surface area contributed by atoms with Crippen molar-refractivity contribution in [1.82, 2.24) is 20.0 Å². The smallest absolute Gasteiger partial charge is 0.319 e. The van der Waals surface area contributed by atoms with Gasteiger partial charge in [0.1, 0.15) is 17.9 Å². The van der Waals surface area contributed by atoms with Crippen molar-refractivity contribution >= 4 is 49.8 Å². The van der Waals surface area contributed by atoms with Crippen LogP contribution in [-0.2, 0) is 30.8 Å². The number of rotatable bonds is 9. The molecular formula is C35H33F3N8O5S. The first-order valence-corrected chi connectivity index (χ1v) is 17.9. The second-order valence-electron chi connectivity index (χ2n) is 12.4. The zero-order valence-electron chi connectivity index (χ0n) is 28.4. The zero-order chi connectivity index (χ0) is 38.1. The van der Waals surface area contributed by atoms with E-state index < -0.39 is 70.7 Å². The van der Waals surface area contributed by atoms with Gasteiger partial charge in [-0.3, -0.25) is 14.4 Å². The van der Waals surface area contributed by atoms with Gasteiger partial charge in [0.05, 0.1) is 58.1 Å². The topological polar surface area (TPSA) is 172 Å². The Labute approximate surface area is 297 Å². The summed E-state index contributed by atoms with van der Waals surface area (Å²) in [6.45, 7) is 1.71. The maximum atomic E-state index is 14.9. The number of para-hydroxylation sites is 2. The molecular weight excluding hydrogens is 701 g/mol. The van der Waals surface area contributed by atoms with Gasteiger partial charge in [0.2, 0.25) is 5.91 Å². The summed E-state index contributed by atoms with van der Waals surface area (Å²) in [7, 11) is -2.56. The van der Waals surface area contributed by atoms with E-state index in [4.69, 9.17) is 5.10 Å². The Kier molecular flexibility index (Phi) is 10.4. The maximum Gasteiger partial charge on any atom is 0.471 e. The Balaban J connectivity index is 1.79. The van der Waals surface area contributed by atoms with Crippen LogP contribution in [0.4, 0.5) is 24.5 Å². The molecule has 5 rings (SSSR count). The zero-order valence-corrected chi connectivity index (χ0v) is 29.2. The number of fused-ring (bicyclic) bond motifs is 2. The van der Waals surface area contributed by atoms with Gasteiger partial charge in [0.25, 0.3) is 5.91 Å². The molecule has 0 radical (unpaired) electrons. The predicted octanol–water partition coefficient (Wildman–Crippen LogP) is 3.45. The van der Waals surface area contributed by atoms with Crippen LogP contribution in [0.25, 0.3) is 16.6 Å². The third-order valence-corrected chi connectivity index (χ3v) is 9.49. The van der Waals surface area contributed by atoms with Gasteiger partial charge in [-0.2, -0.15) is 28.8 Å². The van der Waals surface area contributed by atoms with Gasteiger partial charge < -0.3 is 20.0 Å². The molecule has 0 saturated carbocycles. The average Bonchev–Trinajstić information content (AvgIpc) is 3.42. The average molecular weight is 735 g/mol. The number of halogens is 3. The van der Waals surface area contributed by atoms with Crippen molar-refractivity contribution in [2.75, 3.05) is 35.4 Å². The number of alkyl halides is 3. The van der Waals surface area contributed by atoms with E-state index >= 15 is 0 Å². The summed E-state index contributed by atoms with van der Waals surface area (Å²) in [6.07, 6.45) is -4.63. The van der Waals surface area contributed by atoms with Crippen molar-refractivity contribution in [3.8, 4) is 17.8 Å². The van der Waals surface area contributed by atoms with Gasteiger partial charge in [-0.15, -0.1) is 0 Å². The predicted molar refractivity (Wildman–Crippen MR) is 185 cm³/mol. The van der Waals surface area contributed by atoms with E-state index in [-0.39, 0.29) is 28.2 Å². The monoisotopic (exact) mass is 734 g/mol. The molecule has 2 heterocycles.